The van der Waals surface area contributed by atoms with Gasteiger partial charge in [-0.15, -0.1) is 0 Å². The fraction of sp³-hybridized carbons (Fsp3) is 0. The predicted molar refractivity (Wildman–Crippen MR) is 94.1 cm³/mol. The summed E-state index contributed by atoms with van der Waals surface area (Å²) in [6, 6.07) is 18.3. The highest BCUT2D eigenvalue weighted by Gasteiger charge is 2.06. The first kappa shape index (κ1) is 15.2. The molecule has 1 heterocycles. The van der Waals surface area contributed by atoms with Crippen molar-refractivity contribution in [3.05, 3.63) is 82.6 Å². The zero-order chi connectivity index (χ0) is 16.2. The van der Waals surface area contributed by atoms with Crippen LogP contribution in [0.1, 0.15) is 16.1 Å². The molecule has 0 radical (unpaired) electrons. The van der Waals surface area contributed by atoms with Gasteiger partial charge in [0.1, 0.15) is 0 Å². The molecule has 0 bridgehead atoms. The molecule has 3 rings (SSSR count). The summed E-state index contributed by atoms with van der Waals surface area (Å²) in [4.78, 5) is 15.6. The van der Waals surface area contributed by atoms with E-state index in [1.165, 1.54) is 0 Å². The van der Waals surface area contributed by atoms with Gasteiger partial charge in [-0.1, -0.05) is 28.1 Å². The number of aromatic nitrogens is 1. The Bertz CT molecular complexity index is 884. The molecule has 0 unspecified atom stereocenters. The number of carboxylic acids is 1. The van der Waals surface area contributed by atoms with Crippen LogP contribution in [0.3, 0.4) is 0 Å². The second-order valence-corrected chi connectivity index (χ2v) is 5.81. The van der Waals surface area contributed by atoms with E-state index in [9.17, 15) is 4.79 Å². The number of aromatic carboxylic acids is 1. The monoisotopic (exact) mass is 368 g/mol. The van der Waals surface area contributed by atoms with Gasteiger partial charge in [-0.2, -0.15) is 0 Å². The van der Waals surface area contributed by atoms with E-state index in [2.05, 4.69) is 20.9 Å². The maximum atomic E-state index is 11.1. The smallest absolute Gasteiger partial charge is 0.335 e. The largest absolute Gasteiger partial charge is 0.478 e. The quantitative estimate of drug-likeness (QED) is 0.679. The van der Waals surface area contributed by atoms with E-state index in [0.717, 1.165) is 21.5 Å². The molecule has 0 aliphatic heterocycles. The molecular weight excluding hydrogens is 356 g/mol. The molecule has 5 heteroatoms. The van der Waals surface area contributed by atoms with Crippen molar-refractivity contribution in [2.24, 2.45) is 4.99 Å². The maximum absolute atomic E-state index is 11.1. The summed E-state index contributed by atoms with van der Waals surface area (Å²) in [6.07, 6.45) is 3.64. The van der Waals surface area contributed by atoms with Crippen molar-refractivity contribution in [1.29, 1.82) is 0 Å². The van der Waals surface area contributed by atoms with E-state index in [0.29, 0.717) is 0 Å². The van der Waals surface area contributed by atoms with Crippen LogP contribution in [-0.4, -0.2) is 21.9 Å². The van der Waals surface area contributed by atoms with Gasteiger partial charge in [0, 0.05) is 16.4 Å². The number of halogens is 1. The van der Waals surface area contributed by atoms with Crippen LogP contribution < -0.4 is 0 Å². The van der Waals surface area contributed by atoms with Crippen LogP contribution in [0.25, 0.3) is 5.69 Å². The van der Waals surface area contributed by atoms with E-state index >= 15 is 0 Å². The van der Waals surface area contributed by atoms with Gasteiger partial charge in [0.2, 0.25) is 0 Å². The molecule has 0 fully saturated rings. The van der Waals surface area contributed by atoms with Crippen molar-refractivity contribution < 1.29 is 9.90 Å². The Morgan fingerprint density at radius 2 is 1.91 bits per heavy atom. The van der Waals surface area contributed by atoms with Gasteiger partial charge in [0.05, 0.1) is 23.2 Å². The second-order valence-electron chi connectivity index (χ2n) is 4.90. The van der Waals surface area contributed by atoms with Crippen molar-refractivity contribution in [1.82, 2.24) is 4.57 Å². The van der Waals surface area contributed by atoms with E-state index in [4.69, 9.17) is 5.11 Å². The number of rotatable bonds is 4. The van der Waals surface area contributed by atoms with Crippen molar-refractivity contribution in [3.8, 4) is 5.69 Å². The lowest BCUT2D eigenvalue weighted by atomic mass is 10.2. The molecule has 0 aliphatic carbocycles. The molecular formula is C18H13BrN2O2. The third kappa shape index (κ3) is 3.57. The van der Waals surface area contributed by atoms with E-state index in [1.54, 1.807) is 24.4 Å². The maximum Gasteiger partial charge on any atom is 0.335 e. The average Bonchev–Trinajstić information content (AvgIpc) is 3.01. The zero-order valence-corrected chi connectivity index (χ0v) is 13.6. The van der Waals surface area contributed by atoms with Crippen LogP contribution in [0.15, 0.2) is 76.3 Å². The highest BCUT2D eigenvalue weighted by molar-refractivity contribution is 9.10. The average molecular weight is 369 g/mol. The van der Waals surface area contributed by atoms with Crippen LogP contribution in [0.5, 0.6) is 0 Å². The van der Waals surface area contributed by atoms with Crippen LogP contribution in [0.4, 0.5) is 5.69 Å². The van der Waals surface area contributed by atoms with Crippen molar-refractivity contribution in [2.45, 2.75) is 0 Å². The lowest BCUT2D eigenvalue weighted by Crippen LogP contribution is -2.01. The minimum Gasteiger partial charge on any atom is -0.478 e. The number of aliphatic imine (C=N–C) groups is 1. The molecule has 3 aromatic rings. The van der Waals surface area contributed by atoms with Crippen LogP contribution in [-0.2, 0) is 0 Å². The summed E-state index contributed by atoms with van der Waals surface area (Å²) in [5.41, 5.74) is 2.75. The number of hydrogen-bond acceptors (Lipinski definition) is 2. The molecule has 0 atom stereocenters. The van der Waals surface area contributed by atoms with E-state index < -0.39 is 5.97 Å². The van der Waals surface area contributed by atoms with Crippen molar-refractivity contribution in [2.75, 3.05) is 0 Å². The van der Waals surface area contributed by atoms with Crippen molar-refractivity contribution in [3.63, 3.8) is 0 Å². The van der Waals surface area contributed by atoms with E-state index in [-0.39, 0.29) is 5.56 Å². The third-order valence-corrected chi connectivity index (χ3v) is 3.80. The summed E-state index contributed by atoms with van der Waals surface area (Å²) < 4.78 is 2.87. The van der Waals surface area contributed by atoms with Crippen LogP contribution in [0.2, 0.25) is 0 Å². The molecule has 114 valence electrons. The molecule has 23 heavy (non-hydrogen) atoms. The lowest BCUT2D eigenvalue weighted by Gasteiger charge is -2.07. The molecule has 2 aromatic carbocycles. The summed E-state index contributed by atoms with van der Waals surface area (Å²) in [7, 11) is 0. The molecule has 1 aromatic heterocycles. The molecule has 1 N–H and O–H groups in total. The first-order valence-corrected chi connectivity index (χ1v) is 7.73. The highest BCUT2D eigenvalue weighted by Crippen LogP contribution is 2.19. The fourth-order valence-electron chi connectivity index (χ4n) is 2.22. The van der Waals surface area contributed by atoms with Gasteiger partial charge >= 0.3 is 5.97 Å². The Morgan fingerprint density at radius 3 is 2.70 bits per heavy atom. The first-order chi connectivity index (χ1) is 11.1. The van der Waals surface area contributed by atoms with Gasteiger partial charge in [0.15, 0.2) is 0 Å². The normalized spacial score (nSPS) is 11.0. The number of nitrogens with zero attached hydrogens (tertiary/aromatic N) is 2. The van der Waals surface area contributed by atoms with Gasteiger partial charge in [0.25, 0.3) is 0 Å². The Kier molecular flexibility index (Phi) is 4.39. The number of hydrogen-bond donors (Lipinski definition) is 1. The summed E-state index contributed by atoms with van der Waals surface area (Å²) in [5.74, 6) is -0.941. The predicted octanol–water partition coefficient (Wildman–Crippen LogP) is 4.69. The zero-order valence-electron chi connectivity index (χ0n) is 12.1. The minimum absolute atomic E-state index is 0.256. The second kappa shape index (κ2) is 6.62. The fourth-order valence-corrected chi connectivity index (χ4v) is 2.61. The third-order valence-electron chi connectivity index (χ3n) is 3.31. The number of benzene rings is 2. The van der Waals surface area contributed by atoms with Gasteiger partial charge < -0.3 is 9.67 Å². The minimum atomic E-state index is -0.941. The topological polar surface area (TPSA) is 54.6 Å². The Labute approximate surface area is 141 Å². The molecule has 0 saturated heterocycles. The summed E-state index contributed by atoms with van der Waals surface area (Å²) >= 11 is 3.42. The summed E-state index contributed by atoms with van der Waals surface area (Å²) in [5, 5.41) is 9.11. The first-order valence-electron chi connectivity index (χ1n) is 6.94. The van der Waals surface area contributed by atoms with Gasteiger partial charge in [-0.05, 0) is 48.5 Å². The highest BCUT2D eigenvalue weighted by atomic mass is 79.9. The lowest BCUT2D eigenvalue weighted by molar-refractivity contribution is 0.0697. The van der Waals surface area contributed by atoms with Crippen LogP contribution in [0, 0.1) is 0 Å². The number of carboxylic acid groups (broad SMARTS) is 1. The molecule has 4 nitrogen and oxygen atoms in total. The SMILES string of the molecule is O=C(O)c1cccc(-n2cccc2C=Nc2cccc(Br)c2)c1. The van der Waals surface area contributed by atoms with Gasteiger partial charge in [-0.25, -0.2) is 4.79 Å². The van der Waals surface area contributed by atoms with Crippen molar-refractivity contribution >= 4 is 33.8 Å². The Balaban J connectivity index is 1.94. The molecule has 0 aliphatic rings. The van der Waals surface area contributed by atoms with Crippen LogP contribution >= 0.6 is 15.9 Å². The Hall–Kier alpha value is -2.66. The number of carbonyl (C=O) groups is 1. The Morgan fingerprint density at radius 1 is 1.09 bits per heavy atom. The molecule has 0 amide bonds. The molecule has 0 spiro atoms. The van der Waals surface area contributed by atoms with Gasteiger partial charge in [-0.3, -0.25) is 4.99 Å². The standard InChI is InChI=1S/C18H13BrN2O2/c19-14-5-2-6-15(11-14)20-12-17-8-3-9-21(17)16-7-1-4-13(10-16)18(22)23/h1-12H,(H,22,23). The molecule has 0 saturated carbocycles. The van der Waals surface area contributed by atoms with E-state index in [1.807, 2.05) is 53.2 Å². The summed E-state index contributed by atoms with van der Waals surface area (Å²) in [6.45, 7) is 0.